The molecule has 5 nitrogen and oxygen atoms in total. The number of nitrogens with one attached hydrogen (secondary N) is 2. The number of anilines is 2. The summed E-state index contributed by atoms with van der Waals surface area (Å²) in [7, 11) is -3.81. The lowest BCUT2D eigenvalue weighted by atomic mass is 10.1. The van der Waals surface area contributed by atoms with E-state index >= 15 is 0 Å². The predicted octanol–water partition coefficient (Wildman–Crippen LogP) is 4.63. The van der Waals surface area contributed by atoms with Gasteiger partial charge in [-0.15, -0.1) is 0 Å². The minimum absolute atomic E-state index is 0.0422. The van der Waals surface area contributed by atoms with E-state index in [9.17, 15) is 13.2 Å². The van der Waals surface area contributed by atoms with Gasteiger partial charge in [0.05, 0.1) is 17.0 Å². The summed E-state index contributed by atoms with van der Waals surface area (Å²) < 4.78 is 27.7. The molecule has 0 unspecified atom stereocenters. The zero-order valence-corrected chi connectivity index (χ0v) is 16.7. The Labute approximate surface area is 169 Å². The van der Waals surface area contributed by atoms with E-state index in [1.54, 1.807) is 30.3 Å². The van der Waals surface area contributed by atoms with Gasteiger partial charge in [-0.25, -0.2) is 8.42 Å². The van der Waals surface area contributed by atoms with Crippen molar-refractivity contribution in [2.45, 2.75) is 18.2 Å². The number of carbonyl (C=O) groups excluding carboxylic acids is 1. The molecule has 3 aromatic rings. The summed E-state index contributed by atoms with van der Waals surface area (Å²) in [6.07, 6.45) is 0.206. The SMILES string of the molecule is Cc1ccc(CC(=O)Nc2cccc(S(=O)(=O)Nc3cccc(Cl)c3)c2)cc1. The summed E-state index contributed by atoms with van der Waals surface area (Å²) in [5, 5.41) is 3.17. The molecule has 3 aromatic carbocycles. The molecule has 0 saturated heterocycles. The molecule has 2 N–H and O–H groups in total. The quantitative estimate of drug-likeness (QED) is 0.617. The van der Waals surface area contributed by atoms with Crippen LogP contribution in [0.5, 0.6) is 0 Å². The van der Waals surface area contributed by atoms with Crippen molar-refractivity contribution >= 4 is 38.9 Å². The van der Waals surface area contributed by atoms with E-state index in [1.807, 2.05) is 31.2 Å². The Morgan fingerprint density at radius 1 is 0.929 bits per heavy atom. The number of benzene rings is 3. The van der Waals surface area contributed by atoms with E-state index < -0.39 is 10.0 Å². The average Bonchev–Trinajstić information content (AvgIpc) is 2.63. The van der Waals surface area contributed by atoms with Gasteiger partial charge >= 0.3 is 0 Å². The predicted molar refractivity (Wildman–Crippen MR) is 112 cm³/mol. The zero-order chi connectivity index (χ0) is 20.1. The number of hydrogen-bond donors (Lipinski definition) is 2. The van der Waals surface area contributed by atoms with Gasteiger partial charge in [0.25, 0.3) is 10.0 Å². The highest BCUT2D eigenvalue weighted by atomic mass is 35.5. The van der Waals surface area contributed by atoms with Crippen molar-refractivity contribution < 1.29 is 13.2 Å². The molecule has 0 bridgehead atoms. The van der Waals surface area contributed by atoms with Crippen LogP contribution in [-0.2, 0) is 21.2 Å². The number of rotatable bonds is 6. The topological polar surface area (TPSA) is 75.3 Å². The van der Waals surface area contributed by atoms with Crippen LogP contribution in [0, 0.1) is 6.92 Å². The fourth-order valence-electron chi connectivity index (χ4n) is 2.60. The first-order valence-electron chi connectivity index (χ1n) is 8.56. The van der Waals surface area contributed by atoms with Crippen molar-refractivity contribution in [3.05, 3.63) is 88.9 Å². The number of aryl methyl sites for hydroxylation is 1. The van der Waals surface area contributed by atoms with Gasteiger partial charge in [-0.05, 0) is 48.9 Å². The second kappa shape index (κ2) is 8.46. The molecule has 0 saturated carbocycles. The minimum atomic E-state index is -3.81. The van der Waals surface area contributed by atoms with Crippen LogP contribution >= 0.6 is 11.6 Å². The van der Waals surface area contributed by atoms with E-state index in [0.717, 1.165) is 11.1 Å². The summed E-state index contributed by atoms with van der Waals surface area (Å²) in [6, 6.07) is 20.2. The Balaban J connectivity index is 1.72. The van der Waals surface area contributed by atoms with E-state index in [-0.39, 0.29) is 17.2 Å². The summed E-state index contributed by atoms with van der Waals surface area (Å²) in [4.78, 5) is 12.3. The first kappa shape index (κ1) is 19.9. The molecule has 0 aliphatic heterocycles. The summed E-state index contributed by atoms with van der Waals surface area (Å²) >= 11 is 5.90. The van der Waals surface area contributed by atoms with Crippen LogP contribution in [0.25, 0.3) is 0 Å². The molecule has 0 aliphatic carbocycles. The van der Waals surface area contributed by atoms with Gasteiger partial charge < -0.3 is 5.32 Å². The van der Waals surface area contributed by atoms with Gasteiger partial charge in [-0.2, -0.15) is 0 Å². The normalized spacial score (nSPS) is 11.1. The lowest BCUT2D eigenvalue weighted by Crippen LogP contribution is -2.16. The maximum Gasteiger partial charge on any atom is 0.261 e. The molecule has 0 fully saturated rings. The Hall–Kier alpha value is -2.83. The molecule has 0 aromatic heterocycles. The van der Waals surface area contributed by atoms with Crippen molar-refractivity contribution in [1.82, 2.24) is 0 Å². The second-order valence-corrected chi connectivity index (χ2v) is 8.47. The molecule has 0 aliphatic rings. The Morgan fingerprint density at radius 2 is 1.61 bits per heavy atom. The lowest BCUT2D eigenvalue weighted by Gasteiger charge is -2.11. The minimum Gasteiger partial charge on any atom is -0.326 e. The van der Waals surface area contributed by atoms with Crippen LogP contribution in [0.1, 0.15) is 11.1 Å². The molecule has 0 spiro atoms. The van der Waals surface area contributed by atoms with Crippen LogP contribution in [-0.4, -0.2) is 14.3 Å². The summed E-state index contributed by atoms with van der Waals surface area (Å²) in [6.45, 7) is 1.98. The summed E-state index contributed by atoms with van der Waals surface area (Å²) in [5.41, 5.74) is 2.77. The molecule has 28 heavy (non-hydrogen) atoms. The van der Waals surface area contributed by atoms with Crippen molar-refractivity contribution in [2.75, 3.05) is 10.0 Å². The fraction of sp³-hybridized carbons (Fsp3) is 0.0952. The highest BCUT2D eigenvalue weighted by Gasteiger charge is 2.15. The molecule has 0 radical (unpaired) electrons. The van der Waals surface area contributed by atoms with Crippen LogP contribution < -0.4 is 10.0 Å². The molecule has 144 valence electrons. The number of hydrogen-bond acceptors (Lipinski definition) is 3. The number of carbonyl (C=O) groups is 1. The first-order chi connectivity index (χ1) is 13.3. The van der Waals surface area contributed by atoms with E-state index in [1.165, 1.54) is 18.2 Å². The van der Waals surface area contributed by atoms with E-state index in [4.69, 9.17) is 11.6 Å². The third kappa shape index (κ3) is 5.34. The van der Waals surface area contributed by atoms with Gasteiger partial charge in [0.15, 0.2) is 0 Å². The van der Waals surface area contributed by atoms with Crippen molar-refractivity contribution in [1.29, 1.82) is 0 Å². The molecule has 7 heteroatoms. The van der Waals surface area contributed by atoms with Crippen LogP contribution in [0.15, 0.2) is 77.7 Å². The Kier molecular flexibility index (Phi) is 6.02. The molecule has 1 amide bonds. The summed E-state index contributed by atoms with van der Waals surface area (Å²) in [5.74, 6) is -0.221. The van der Waals surface area contributed by atoms with Gasteiger partial charge in [-0.3, -0.25) is 9.52 Å². The number of halogens is 1. The van der Waals surface area contributed by atoms with Crippen molar-refractivity contribution in [3.8, 4) is 0 Å². The van der Waals surface area contributed by atoms with Crippen LogP contribution in [0.3, 0.4) is 0 Å². The largest absolute Gasteiger partial charge is 0.326 e. The Bertz CT molecular complexity index is 1100. The smallest absolute Gasteiger partial charge is 0.261 e. The zero-order valence-electron chi connectivity index (χ0n) is 15.1. The van der Waals surface area contributed by atoms with Gasteiger partial charge in [0.2, 0.25) is 5.91 Å². The molecular formula is C21H19ClN2O3S. The Morgan fingerprint density at radius 3 is 2.32 bits per heavy atom. The van der Waals surface area contributed by atoms with Crippen LogP contribution in [0.2, 0.25) is 5.02 Å². The van der Waals surface area contributed by atoms with Gasteiger partial charge in [0.1, 0.15) is 0 Å². The standard InChI is InChI=1S/C21H19ClN2O3S/c1-15-8-10-16(11-9-15)12-21(25)23-18-5-3-7-20(14-18)28(26,27)24-19-6-2-4-17(22)13-19/h2-11,13-14,24H,12H2,1H3,(H,23,25). The highest BCUT2D eigenvalue weighted by molar-refractivity contribution is 7.92. The van der Waals surface area contributed by atoms with Crippen LogP contribution in [0.4, 0.5) is 11.4 Å². The van der Waals surface area contributed by atoms with Gasteiger partial charge in [-0.1, -0.05) is 53.6 Å². The fourth-order valence-corrected chi connectivity index (χ4v) is 3.89. The highest BCUT2D eigenvalue weighted by Crippen LogP contribution is 2.21. The molecular weight excluding hydrogens is 396 g/mol. The molecule has 0 heterocycles. The molecule has 0 atom stereocenters. The molecule has 3 rings (SSSR count). The lowest BCUT2D eigenvalue weighted by molar-refractivity contribution is -0.115. The average molecular weight is 415 g/mol. The second-order valence-electron chi connectivity index (χ2n) is 6.35. The van der Waals surface area contributed by atoms with Gasteiger partial charge in [0, 0.05) is 10.7 Å². The maximum atomic E-state index is 12.6. The third-order valence-corrected chi connectivity index (χ3v) is 5.60. The van der Waals surface area contributed by atoms with E-state index in [2.05, 4.69) is 10.0 Å². The maximum absolute atomic E-state index is 12.6. The van der Waals surface area contributed by atoms with E-state index in [0.29, 0.717) is 16.4 Å². The monoisotopic (exact) mass is 414 g/mol. The first-order valence-corrected chi connectivity index (χ1v) is 10.4. The van der Waals surface area contributed by atoms with Crippen molar-refractivity contribution in [2.24, 2.45) is 0 Å². The van der Waals surface area contributed by atoms with Crippen molar-refractivity contribution in [3.63, 3.8) is 0 Å². The number of sulfonamides is 1. The number of amides is 1. The third-order valence-electron chi connectivity index (χ3n) is 3.99.